The average molecular weight is 525 g/mol. The third kappa shape index (κ3) is 5.53. The fraction of sp³-hybridized carbons (Fsp3) is 0.278. The van der Waals surface area contributed by atoms with Gasteiger partial charge in [0.25, 0.3) is 10.0 Å². The van der Waals surface area contributed by atoms with Gasteiger partial charge in [-0.15, -0.1) is 0 Å². The molecule has 0 aliphatic rings. The van der Waals surface area contributed by atoms with Gasteiger partial charge in [0.2, 0.25) is 0 Å². The maximum Gasteiger partial charge on any atom is 0.404 e. The summed E-state index contributed by atoms with van der Waals surface area (Å²) in [6.45, 7) is 2.45. The van der Waals surface area contributed by atoms with Gasteiger partial charge < -0.3 is 9.05 Å². The molecular formula is C18H20BrF2N2O5PS. The summed E-state index contributed by atoms with van der Waals surface area (Å²) in [5.74, 6) is 0. The van der Waals surface area contributed by atoms with Gasteiger partial charge in [0, 0.05) is 10.0 Å². The molecule has 0 unspecified atom stereocenters. The van der Waals surface area contributed by atoms with Crippen molar-refractivity contribution < 1.29 is 30.8 Å². The van der Waals surface area contributed by atoms with Crippen molar-refractivity contribution in [1.29, 1.82) is 0 Å². The summed E-state index contributed by atoms with van der Waals surface area (Å²) in [5, 5.41) is 3.65. The van der Waals surface area contributed by atoms with Crippen LogP contribution in [0.25, 0.3) is 0 Å². The highest BCUT2D eigenvalue weighted by Gasteiger charge is 2.55. The zero-order valence-electron chi connectivity index (χ0n) is 16.1. The molecule has 0 bridgehead atoms. The first-order chi connectivity index (χ1) is 14.1. The minimum absolute atomic E-state index is 0.0286. The van der Waals surface area contributed by atoms with Crippen LogP contribution >= 0.6 is 23.5 Å². The van der Waals surface area contributed by atoms with E-state index in [1.807, 2.05) is 4.83 Å². The molecule has 7 nitrogen and oxygen atoms in total. The van der Waals surface area contributed by atoms with Gasteiger partial charge in [-0.1, -0.05) is 46.3 Å². The quantitative estimate of drug-likeness (QED) is 0.266. The third-order valence-corrected chi connectivity index (χ3v) is 7.72. The number of nitrogens with one attached hydrogen (secondary N) is 1. The Morgan fingerprint density at radius 2 is 1.73 bits per heavy atom. The van der Waals surface area contributed by atoms with Gasteiger partial charge in [-0.25, -0.2) is 4.83 Å². The highest BCUT2D eigenvalue weighted by atomic mass is 79.9. The zero-order chi connectivity index (χ0) is 22.4. The lowest BCUT2D eigenvalue weighted by Gasteiger charge is -2.26. The van der Waals surface area contributed by atoms with Crippen LogP contribution in [0.5, 0.6) is 0 Å². The summed E-state index contributed by atoms with van der Waals surface area (Å²) in [6, 6.07) is 11.2. The fourth-order valence-electron chi connectivity index (χ4n) is 2.37. The number of hydrazone groups is 1. The normalized spacial score (nSPS) is 13.0. The molecule has 12 heteroatoms. The zero-order valence-corrected chi connectivity index (χ0v) is 19.4. The van der Waals surface area contributed by atoms with Crippen molar-refractivity contribution in [2.24, 2.45) is 5.10 Å². The van der Waals surface area contributed by atoms with Crippen molar-refractivity contribution >= 4 is 39.8 Å². The van der Waals surface area contributed by atoms with E-state index >= 15 is 0 Å². The van der Waals surface area contributed by atoms with E-state index < -0.39 is 28.8 Å². The van der Waals surface area contributed by atoms with Crippen LogP contribution < -0.4 is 4.83 Å². The molecule has 0 aliphatic carbocycles. The van der Waals surface area contributed by atoms with Gasteiger partial charge in [-0.3, -0.25) is 4.57 Å². The Labute approximate surface area is 182 Å². The van der Waals surface area contributed by atoms with Gasteiger partial charge in [0.1, 0.15) is 0 Å². The van der Waals surface area contributed by atoms with Crippen LogP contribution in [0.15, 0.2) is 63.0 Å². The Hall–Kier alpha value is -1.65. The molecule has 0 amide bonds. The van der Waals surface area contributed by atoms with E-state index in [1.54, 1.807) is 18.2 Å². The van der Waals surface area contributed by atoms with E-state index in [9.17, 15) is 21.8 Å². The molecule has 0 spiro atoms. The largest absolute Gasteiger partial charge is 0.404 e. The number of rotatable bonds is 10. The van der Waals surface area contributed by atoms with Crippen molar-refractivity contribution in [1.82, 2.24) is 4.83 Å². The number of nitrogens with zero attached hydrogens (tertiary/aromatic N) is 1. The maximum atomic E-state index is 14.9. The summed E-state index contributed by atoms with van der Waals surface area (Å²) in [5.41, 5.74) is -4.17. The van der Waals surface area contributed by atoms with E-state index in [4.69, 9.17) is 9.05 Å². The van der Waals surface area contributed by atoms with Gasteiger partial charge in [-0.05, 0) is 37.6 Å². The van der Waals surface area contributed by atoms with E-state index in [1.165, 1.54) is 38.1 Å². The number of benzene rings is 2. The Morgan fingerprint density at radius 3 is 2.27 bits per heavy atom. The molecule has 30 heavy (non-hydrogen) atoms. The average Bonchev–Trinajstić information content (AvgIpc) is 2.68. The Balaban J connectivity index is 2.24. The molecule has 1 N–H and O–H groups in total. The third-order valence-electron chi connectivity index (χ3n) is 3.70. The molecule has 0 saturated carbocycles. The predicted molar refractivity (Wildman–Crippen MR) is 113 cm³/mol. The number of sulfonamides is 1. The summed E-state index contributed by atoms with van der Waals surface area (Å²) in [4.78, 5) is 2.07. The second kappa shape index (κ2) is 10.1. The number of alkyl halides is 2. The SMILES string of the molecule is CCOP(=O)(OCC)C(F)(F)c1ccc(C=NNS(=O)(=O)c2ccccc2)cc1Br. The van der Waals surface area contributed by atoms with Crippen molar-refractivity contribution in [3.63, 3.8) is 0 Å². The number of halogens is 3. The molecule has 0 fully saturated rings. The molecule has 2 aromatic rings. The first-order valence-corrected chi connectivity index (χ1v) is 12.6. The first-order valence-electron chi connectivity index (χ1n) is 8.74. The van der Waals surface area contributed by atoms with Crippen LogP contribution in [0.3, 0.4) is 0 Å². The molecule has 164 valence electrons. The molecule has 0 saturated heterocycles. The molecule has 0 heterocycles. The molecule has 0 aliphatic heterocycles. The lowest BCUT2D eigenvalue weighted by atomic mass is 10.1. The van der Waals surface area contributed by atoms with E-state index in [0.717, 1.165) is 12.3 Å². The molecular weight excluding hydrogens is 505 g/mol. The van der Waals surface area contributed by atoms with E-state index in [0.29, 0.717) is 5.56 Å². The summed E-state index contributed by atoms with van der Waals surface area (Å²) < 4.78 is 76.1. The van der Waals surface area contributed by atoms with Crippen LogP contribution in [-0.4, -0.2) is 27.8 Å². The van der Waals surface area contributed by atoms with Crippen molar-refractivity contribution in [2.75, 3.05) is 13.2 Å². The summed E-state index contributed by atoms with van der Waals surface area (Å²) in [7, 11) is -8.61. The lowest BCUT2D eigenvalue weighted by Crippen LogP contribution is -2.19. The summed E-state index contributed by atoms with van der Waals surface area (Å²) >= 11 is 3.03. The van der Waals surface area contributed by atoms with Crippen LogP contribution in [0.4, 0.5) is 8.78 Å². The second-order valence-electron chi connectivity index (χ2n) is 5.78. The maximum absolute atomic E-state index is 14.9. The number of hydrogen-bond acceptors (Lipinski definition) is 6. The van der Waals surface area contributed by atoms with Crippen LogP contribution in [-0.2, 0) is 29.3 Å². The monoisotopic (exact) mass is 524 g/mol. The molecule has 0 radical (unpaired) electrons. The van der Waals surface area contributed by atoms with Crippen molar-refractivity contribution in [2.45, 2.75) is 24.4 Å². The van der Waals surface area contributed by atoms with Gasteiger partial charge in [0.05, 0.1) is 24.3 Å². The summed E-state index contributed by atoms with van der Waals surface area (Å²) in [6.07, 6.45) is 1.15. The van der Waals surface area contributed by atoms with Gasteiger partial charge >= 0.3 is 13.3 Å². The Kier molecular flexibility index (Phi) is 8.29. The molecule has 2 rings (SSSR count). The standard InChI is InChI=1S/C18H20BrF2N2O5PS/c1-3-27-29(24,28-4-2)18(20,21)16-11-10-14(12-17(16)19)13-22-23-30(25,26)15-8-6-5-7-9-15/h5-13,23H,3-4H2,1-2H3. The van der Waals surface area contributed by atoms with E-state index in [2.05, 4.69) is 21.0 Å². The topological polar surface area (TPSA) is 94.1 Å². The Morgan fingerprint density at radius 1 is 1.13 bits per heavy atom. The van der Waals surface area contributed by atoms with Crippen LogP contribution in [0.2, 0.25) is 0 Å². The molecule has 0 atom stereocenters. The minimum Gasteiger partial charge on any atom is -0.304 e. The molecule has 2 aromatic carbocycles. The van der Waals surface area contributed by atoms with Crippen molar-refractivity contribution in [3.8, 4) is 0 Å². The van der Waals surface area contributed by atoms with Crippen LogP contribution in [0, 0.1) is 0 Å². The first kappa shape index (κ1) is 24.6. The second-order valence-corrected chi connectivity index (χ2v) is 10.4. The van der Waals surface area contributed by atoms with Crippen LogP contribution in [0.1, 0.15) is 25.0 Å². The fourth-order valence-corrected chi connectivity index (χ4v) is 5.54. The lowest BCUT2D eigenvalue weighted by molar-refractivity contribution is 0.0354. The van der Waals surface area contributed by atoms with E-state index in [-0.39, 0.29) is 22.6 Å². The van der Waals surface area contributed by atoms with Gasteiger partial charge in [-0.2, -0.15) is 22.3 Å². The van der Waals surface area contributed by atoms with Crippen molar-refractivity contribution in [3.05, 3.63) is 64.1 Å². The molecule has 0 aromatic heterocycles. The predicted octanol–water partition coefficient (Wildman–Crippen LogP) is 5.08. The van der Waals surface area contributed by atoms with Gasteiger partial charge in [0.15, 0.2) is 0 Å². The highest BCUT2D eigenvalue weighted by molar-refractivity contribution is 9.10. The minimum atomic E-state index is -4.75. The Bertz CT molecular complexity index is 1040. The number of hydrogen-bond donors (Lipinski definition) is 1. The smallest absolute Gasteiger partial charge is 0.304 e. The highest BCUT2D eigenvalue weighted by Crippen LogP contribution is 2.67.